The summed E-state index contributed by atoms with van der Waals surface area (Å²) in [6, 6.07) is 12.8. The molecule has 3 atom stereocenters. The van der Waals surface area contributed by atoms with Crippen molar-refractivity contribution in [2.75, 3.05) is 5.75 Å². The lowest BCUT2D eigenvalue weighted by Crippen LogP contribution is -2.71. The van der Waals surface area contributed by atoms with Crippen LogP contribution in [0.2, 0.25) is 0 Å². The molecule has 0 aromatic heterocycles. The second-order valence-electron chi connectivity index (χ2n) is 10.9. The maximum atomic E-state index is 13.4. The lowest BCUT2D eigenvalue weighted by atomic mass is 10.0. The Morgan fingerprint density at radius 3 is 2.38 bits per heavy atom. The molecule has 0 radical (unpaired) electrons. The summed E-state index contributed by atoms with van der Waals surface area (Å²) in [6.07, 6.45) is -0.586. The van der Waals surface area contributed by atoms with Crippen molar-refractivity contribution in [1.82, 2.24) is 15.5 Å². The van der Waals surface area contributed by atoms with Gasteiger partial charge in [0.15, 0.2) is 0 Å². The molecule has 222 valence electrons. The maximum Gasteiger partial charge on any atom is 0.408 e. The first-order chi connectivity index (χ1) is 19.8. The second kappa shape index (κ2) is 12.6. The molecule has 2 heterocycles. The maximum absolute atomic E-state index is 13.4. The number of nitro benzene ring substituents is 1. The van der Waals surface area contributed by atoms with Crippen molar-refractivity contribution < 1.29 is 33.6 Å². The van der Waals surface area contributed by atoms with Gasteiger partial charge in [-0.3, -0.25) is 24.6 Å². The first kappa shape index (κ1) is 30.6. The first-order valence-electron chi connectivity index (χ1n) is 13.2. The summed E-state index contributed by atoms with van der Waals surface area (Å²) < 4.78 is 10.8. The van der Waals surface area contributed by atoms with Crippen LogP contribution in [-0.4, -0.2) is 62.5 Å². The van der Waals surface area contributed by atoms with Gasteiger partial charge in [-0.15, -0.1) is 11.8 Å². The lowest BCUT2D eigenvalue weighted by Gasteiger charge is -2.49. The Balaban J connectivity index is 1.42. The van der Waals surface area contributed by atoms with Crippen molar-refractivity contribution in [2.45, 2.75) is 63.8 Å². The zero-order valence-corrected chi connectivity index (χ0v) is 24.4. The lowest BCUT2D eigenvalue weighted by molar-refractivity contribution is -0.384. The van der Waals surface area contributed by atoms with E-state index in [1.165, 1.54) is 40.9 Å². The molecule has 1 fully saturated rings. The molecule has 0 bridgehead atoms. The van der Waals surface area contributed by atoms with E-state index in [1.54, 1.807) is 27.7 Å². The van der Waals surface area contributed by atoms with E-state index >= 15 is 0 Å². The average molecular weight is 597 g/mol. The SMILES string of the molecule is CC1=C(C(=O)OCc2ccc([N+](=O)[O-])cc2)N2C(=O)[C@@H](NC(=O)[C@H](Cc3ccccc3)NC(=O)OC(C)(C)C)[C@H]2SC1. The number of nitrogens with one attached hydrogen (secondary N) is 2. The fourth-order valence-electron chi connectivity index (χ4n) is 4.46. The molecule has 0 saturated carbocycles. The summed E-state index contributed by atoms with van der Waals surface area (Å²) in [7, 11) is 0. The average Bonchev–Trinajstić information content (AvgIpc) is 2.93. The van der Waals surface area contributed by atoms with E-state index in [4.69, 9.17) is 9.47 Å². The van der Waals surface area contributed by atoms with E-state index in [9.17, 15) is 29.3 Å². The van der Waals surface area contributed by atoms with Gasteiger partial charge in [-0.25, -0.2) is 9.59 Å². The minimum absolute atomic E-state index is 0.0812. The summed E-state index contributed by atoms with van der Waals surface area (Å²) in [5.74, 6) is -1.30. The van der Waals surface area contributed by atoms with Gasteiger partial charge in [-0.05, 0) is 56.5 Å². The highest BCUT2D eigenvalue weighted by atomic mass is 32.2. The van der Waals surface area contributed by atoms with Gasteiger partial charge >= 0.3 is 12.1 Å². The van der Waals surface area contributed by atoms with Gasteiger partial charge < -0.3 is 20.1 Å². The highest BCUT2D eigenvalue weighted by Gasteiger charge is 2.54. The number of hydrogen-bond acceptors (Lipinski definition) is 9. The molecule has 3 amide bonds. The van der Waals surface area contributed by atoms with Crippen molar-refractivity contribution in [2.24, 2.45) is 0 Å². The van der Waals surface area contributed by atoms with Crippen LogP contribution in [0.3, 0.4) is 0 Å². The van der Waals surface area contributed by atoms with Crippen LogP contribution < -0.4 is 10.6 Å². The molecule has 0 spiro atoms. The monoisotopic (exact) mass is 596 g/mol. The van der Waals surface area contributed by atoms with Crippen molar-refractivity contribution >= 4 is 41.3 Å². The Morgan fingerprint density at radius 2 is 1.76 bits per heavy atom. The number of benzene rings is 2. The highest BCUT2D eigenvalue weighted by molar-refractivity contribution is 8.00. The molecule has 2 aliphatic heterocycles. The van der Waals surface area contributed by atoms with Crippen LogP contribution in [0.15, 0.2) is 65.9 Å². The number of β-lactam (4-membered cyclic amide) rings is 1. The number of rotatable bonds is 9. The minimum Gasteiger partial charge on any atom is -0.456 e. The third-order valence-corrected chi connectivity index (χ3v) is 7.88. The third kappa shape index (κ3) is 7.27. The van der Waals surface area contributed by atoms with E-state index in [-0.39, 0.29) is 24.4 Å². The Labute approximate surface area is 247 Å². The Kier molecular flexibility index (Phi) is 9.20. The summed E-state index contributed by atoms with van der Waals surface area (Å²) in [6.45, 7) is 6.73. The minimum atomic E-state index is -1.01. The Morgan fingerprint density at radius 1 is 1.10 bits per heavy atom. The van der Waals surface area contributed by atoms with Crippen LogP contribution in [0.5, 0.6) is 0 Å². The van der Waals surface area contributed by atoms with Crippen LogP contribution in [0.1, 0.15) is 38.8 Å². The second-order valence-corrected chi connectivity index (χ2v) is 12.0. The molecule has 0 aliphatic carbocycles. The van der Waals surface area contributed by atoms with E-state index in [2.05, 4.69) is 10.6 Å². The number of esters is 1. The van der Waals surface area contributed by atoms with Gasteiger partial charge in [0.2, 0.25) is 5.91 Å². The van der Waals surface area contributed by atoms with Gasteiger partial charge in [0.1, 0.15) is 35.4 Å². The van der Waals surface area contributed by atoms with Crippen molar-refractivity contribution in [3.8, 4) is 0 Å². The van der Waals surface area contributed by atoms with Crippen molar-refractivity contribution in [3.05, 3.63) is 87.1 Å². The van der Waals surface area contributed by atoms with Crippen LogP contribution in [0, 0.1) is 10.1 Å². The van der Waals surface area contributed by atoms with Crippen LogP contribution in [-0.2, 0) is 36.9 Å². The quantitative estimate of drug-likeness (QED) is 0.191. The number of alkyl carbamates (subject to hydrolysis) is 1. The smallest absolute Gasteiger partial charge is 0.408 e. The number of non-ortho nitro benzene ring substituents is 1. The highest BCUT2D eigenvalue weighted by Crippen LogP contribution is 2.40. The van der Waals surface area contributed by atoms with E-state index in [0.29, 0.717) is 16.9 Å². The van der Waals surface area contributed by atoms with Gasteiger partial charge in [0, 0.05) is 24.3 Å². The molecular weight excluding hydrogens is 564 g/mol. The number of nitro groups is 1. The van der Waals surface area contributed by atoms with Gasteiger partial charge in [-0.2, -0.15) is 0 Å². The standard InChI is InChI=1S/C29H32N4O8S/c1-17-16-42-26-22(25(35)32(26)23(17)27(36)40-15-19-10-12-20(13-11-19)33(38)39)31-24(34)21(14-18-8-6-5-7-9-18)30-28(37)41-29(2,3)4/h5-13,21-22,26H,14-16H2,1-4H3,(H,30,37)(H,31,34)/t21-,22+,26+/m0/s1. The molecule has 1 saturated heterocycles. The van der Waals surface area contributed by atoms with Crippen LogP contribution >= 0.6 is 11.8 Å². The normalized spacial score (nSPS) is 18.8. The van der Waals surface area contributed by atoms with Crippen LogP contribution in [0.4, 0.5) is 10.5 Å². The fraction of sp³-hybridized carbons (Fsp3) is 0.379. The summed E-state index contributed by atoms with van der Waals surface area (Å²) in [5.41, 5.74) is 1.27. The van der Waals surface area contributed by atoms with Crippen molar-refractivity contribution in [3.63, 3.8) is 0 Å². The first-order valence-corrected chi connectivity index (χ1v) is 14.3. The van der Waals surface area contributed by atoms with E-state index in [0.717, 1.165) is 5.56 Å². The summed E-state index contributed by atoms with van der Waals surface area (Å²) in [4.78, 5) is 63.8. The predicted octanol–water partition coefficient (Wildman–Crippen LogP) is 3.45. The van der Waals surface area contributed by atoms with Crippen LogP contribution in [0.25, 0.3) is 0 Å². The number of carbonyl (C=O) groups excluding carboxylic acids is 4. The third-order valence-electron chi connectivity index (χ3n) is 6.46. The van der Waals surface area contributed by atoms with Gasteiger partial charge in [0.05, 0.1) is 4.92 Å². The fourth-order valence-corrected chi connectivity index (χ4v) is 5.75. The molecule has 4 rings (SSSR count). The van der Waals surface area contributed by atoms with E-state index < -0.39 is 51.9 Å². The number of hydrogen-bond donors (Lipinski definition) is 2. The number of carbonyl (C=O) groups is 4. The largest absolute Gasteiger partial charge is 0.456 e. The molecule has 2 N–H and O–H groups in total. The molecular formula is C29H32N4O8S. The number of amides is 3. The van der Waals surface area contributed by atoms with Gasteiger partial charge in [-0.1, -0.05) is 30.3 Å². The number of ether oxygens (including phenoxy) is 2. The van der Waals surface area contributed by atoms with Gasteiger partial charge in [0.25, 0.3) is 11.6 Å². The Bertz CT molecular complexity index is 1400. The molecule has 13 heteroatoms. The zero-order valence-electron chi connectivity index (χ0n) is 23.6. The Hall–Kier alpha value is -4.39. The van der Waals surface area contributed by atoms with E-state index in [1.807, 2.05) is 30.3 Å². The number of thioether (sulfide) groups is 1. The molecule has 2 aromatic carbocycles. The predicted molar refractivity (Wildman–Crippen MR) is 154 cm³/mol. The molecule has 12 nitrogen and oxygen atoms in total. The summed E-state index contributed by atoms with van der Waals surface area (Å²) in [5, 5.41) is 15.7. The molecule has 2 aromatic rings. The number of nitrogens with zero attached hydrogens (tertiary/aromatic N) is 2. The summed E-state index contributed by atoms with van der Waals surface area (Å²) >= 11 is 1.40. The molecule has 42 heavy (non-hydrogen) atoms. The zero-order chi connectivity index (χ0) is 30.6. The molecule has 0 unspecified atom stereocenters. The molecule has 2 aliphatic rings. The number of fused-ring (bicyclic) bond motifs is 1. The topological polar surface area (TPSA) is 157 Å². The van der Waals surface area contributed by atoms with Crippen molar-refractivity contribution in [1.29, 1.82) is 0 Å².